The fourth-order valence-corrected chi connectivity index (χ4v) is 235. The van der Waals surface area contributed by atoms with Gasteiger partial charge in [-0.25, -0.2) is 0 Å². The molecule has 2 unspecified atom stereocenters. The first-order chi connectivity index (χ1) is 44.0. The highest BCUT2D eigenvalue weighted by atomic mass is 34.1. The Balaban J connectivity index is 3.11. The van der Waals surface area contributed by atoms with E-state index in [1.165, 1.54) is 9.83 Å². The molecule has 536 valence electrons. The Bertz CT molecular complexity index is 1340. The van der Waals surface area contributed by atoms with Crippen LogP contribution in [0, 0.1) is 0 Å². The fraction of sp³-hybridized carbons (Fsp3) is 1.00. The van der Waals surface area contributed by atoms with Crippen molar-refractivity contribution in [2.24, 2.45) is 0 Å². The maximum absolute atomic E-state index is 5.70. The molecule has 0 bridgehead atoms. The van der Waals surface area contributed by atoms with E-state index in [-0.39, 0.29) is 6.81 Å². The summed E-state index contributed by atoms with van der Waals surface area (Å²) in [4.78, 5) is 0. The highest BCUT2D eigenvalue weighted by molar-refractivity contribution is 9.67. The van der Waals surface area contributed by atoms with Crippen molar-refractivity contribution >= 4 is 842 Å². The van der Waals surface area contributed by atoms with Gasteiger partial charge in [-0.3, -0.25) is 0 Å². The molecule has 0 aromatic carbocycles. The van der Waals surface area contributed by atoms with E-state index in [0.29, 0.717) is 0 Å². The summed E-state index contributed by atoms with van der Waals surface area (Å²) in [5.74, 6) is -1.38. The average Bonchev–Trinajstić information content (AvgIpc) is 3.53. The van der Waals surface area contributed by atoms with E-state index in [4.69, 9.17) is 22.4 Å². The molecule has 2 atom stereocenters. The topological polar surface area (TPSA) is 0 Å². The van der Waals surface area contributed by atoms with Gasteiger partial charge in [0.15, 0.2) is 0 Å². The first-order valence-corrected chi connectivity index (χ1v) is 131. The normalized spacial score (nSPS) is 12.3. The molecule has 0 fully saturated rings. The summed E-state index contributed by atoms with van der Waals surface area (Å²) >= 11 is 15.5. The lowest BCUT2D eigenvalue weighted by atomic mass is 10.6. The van der Waals surface area contributed by atoms with Crippen molar-refractivity contribution in [2.75, 3.05) is 6.16 Å². The van der Waals surface area contributed by atoms with Crippen LogP contribution in [0.1, 0.15) is 13.3 Å². The predicted molar refractivity (Wildman–Crippen MR) is 670 cm³/mol. The maximum Gasteiger partial charge on any atom is 0.00000926 e. The SMILES string of the molecule is CCCP(P)S(=S)(=S)SSSSSSSSSSSSSSSSSSSSSSSSSSSSSSSSSSSSSSSSSSSSSSSSSSSSSSSSSSSSSSSSSSSSSSSSSSSSSSSSS. The lowest BCUT2D eigenvalue weighted by Crippen LogP contribution is -1.83. The van der Waals surface area contributed by atoms with Gasteiger partial charge in [-0.05, 0) is 130 Å². The van der Waals surface area contributed by atoms with E-state index in [9.17, 15) is 0 Å². The number of hydrogen-bond donors (Lipinski definition) is 1. The minimum Gasteiger partial charge on any atom is -0.0990 e. The summed E-state index contributed by atoms with van der Waals surface area (Å²) in [6.07, 6.45) is 2.32. The molecule has 0 saturated heterocycles. The predicted octanol–water partition coefficient (Wildman–Crippen LogP) is 54.4. The zero-order chi connectivity index (χ0) is 64.1. The van der Waals surface area contributed by atoms with Gasteiger partial charge in [-0.2, -0.15) is 0 Å². The standard InChI is InChI=1S/C3H10P2S84/c1-2-3-5(4)89(7,8)88-87-86-85-84-83-82-81-80-79-78-77-76-75-74-73-72-71-70-69-68-67-66-65-64-63-62-61-60-59-58-57-56-55-54-53-52-51-50-49-48-47-46-45-44-43-42-41-40-39-38-37-36-35-34-33-32-31-30-29-28-27-26-25-24-23-22-21-20-19-18-17-16-15-14-13-12-11-10-9-6/h6H,2-4H2,1H3. The van der Waals surface area contributed by atoms with Gasteiger partial charge in [-0.1, -0.05) is 33.9 Å². The van der Waals surface area contributed by atoms with Crippen molar-refractivity contribution in [2.45, 2.75) is 13.3 Å². The molecule has 0 aliphatic heterocycles. The fourth-order valence-electron chi connectivity index (χ4n) is 1.29. The molecule has 86 heteroatoms. The number of hydrogen-bond acceptors (Lipinski definition) is 83. The van der Waals surface area contributed by atoms with Crippen LogP contribution >= 0.6 is 813 Å². The molecular formula is C3H10P2S84. The summed E-state index contributed by atoms with van der Waals surface area (Å²) in [5.41, 5.74) is 0. The van der Waals surface area contributed by atoms with Crippen LogP contribution in [0.4, 0.5) is 0 Å². The third-order valence-electron chi connectivity index (χ3n) is 3.01. The van der Waals surface area contributed by atoms with Gasteiger partial charge in [0.25, 0.3) is 0 Å². The lowest BCUT2D eigenvalue weighted by Gasteiger charge is -2.15. The smallest absolute Gasteiger partial charge is 0.00000926 e. The average molecular weight is 2800 g/mol. The van der Waals surface area contributed by atoms with Crippen molar-refractivity contribution in [1.82, 2.24) is 0 Å². The monoisotopic (exact) mass is 2790 g/mol. The number of thiol groups is 1. The van der Waals surface area contributed by atoms with Gasteiger partial charge in [0.2, 0.25) is 0 Å². The first-order valence-electron chi connectivity index (χ1n) is 15.8. The van der Waals surface area contributed by atoms with Crippen LogP contribution in [0.5, 0.6) is 0 Å². The van der Waals surface area contributed by atoms with Crippen LogP contribution in [-0.4, -0.2) is 6.16 Å². The Morgan fingerprint density at radius 3 is 0.416 bits per heavy atom. The summed E-state index contributed by atoms with van der Waals surface area (Å²) < 4.78 is 0. The molecule has 0 spiro atoms. The van der Waals surface area contributed by atoms with Gasteiger partial charge in [0.1, 0.15) is 0 Å². The second-order valence-corrected chi connectivity index (χ2v) is 166. The van der Waals surface area contributed by atoms with Crippen LogP contribution in [0.25, 0.3) is 0 Å². The summed E-state index contributed by atoms with van der Waals surface area (Å²) in [7, 11) is 148. The molecule has 0 nitrogen and oxygen atoms in total. The molecule has 0 saturated carbocycles. The zero-order valence-electron chi connectivity index (χ0n) is 37.8. The lowest BCUT2D eigenvalue weighted by molar-refractivity contribution is 1.11. The second kappa shape index (κ2) is 110. The van der Waals surface area contributed by atoms with Crippen molar-refractivity contribution < 1.29 is 0 Å². The number of rotatable bonds is 83. The summed E-state index contributed by atoms with van der Waals surface area (Å²) in [5, 5.41) is 0. The highest BCUT2D eigenvalue weighted by Gasteiger charge is 2.14. The molecule has 0 N–H and O–H groups in total. The van der Waals surface area contributed by atoms with E-state index >= 15 is 0 Å². The minimum atomic E-state index is -1.38. The first kappa shape index (κ1) is 119. The van der Waals surface area contributed by atoms with Crippen LogP contribution in [-0.2, 0) is 28.2 Å². The van der Waals surface area contributed by atoms with E-state index in [1.54, 1.807) is 108 Å². The van der Waals surface area contributed by atoms with E-state index in [1.807, 2.05) is 668 Å². The third-order valence-corrected chi connectivity index (χ3v) is 202. The van der Waals surface area contributed by atoms with Crippen LogP contribution in [0.2, 0.25) is 0 Å². The Hall–Kier alpha value is 30.0. The third kappa shape index (κ3) is 108. The molecule has 0 radical (unpaired) electrons. The quantitative estimate of drug-likeness (QED) is 0.0266. The molecular weight excluding hydrogens is 2790 g/mol. The van der Waals surface area contributed by atoms with Gasteiger partial charge in [0.05, 0.1) is 0 Å². The molecule has 0 heterocycles. The Morgan fingerprint density at radius 1 is 0.213 bits per heavy atom. The van der Waals surface area contributed by atoms with Crippen LogP contribution in [0.15, 0.2) is 0 Å². The largest absolute Gasteiger partial charge is 0.0990 e. The maximum atomic E-state index is 5.70. The molecule has 0 aliphatic rings. The van der Waals surface area contributed by atoms with Crippen LogP contribution < -0.4 is 0 Å². The summed E-state index contributed by atoms with van der Waals surface area (Å²) in [6.45, 7) is 1.92. The van der Waals surface area contributed by atoms with Crippen molar-refractivity contribution in [3.8, 4) is 0 Å². The summed E-state index contributed by atoms with van der Waals surface area (Å²) in [6, 6.07) is 0. The van der Waals surface area contributed by atoms with E-state index < -0.39 is 5.80 Å². The highest BCUT2D eigenvalue weighted by Crippen LogP contribution is 2.73. The van der Waals surface area contributed by atoms with E-state index in [0.717, 1.165) is 12.6 Å². The minimum absolute atomic E-state index is 0.280. The molecule has 89 heavy (non-hydrogen) atoms. The molecule has 0 aliphatic carbocycles. The molecule has 0 aromatic heterocycles. The Kier molecular flexibility index (Phi) is 148. The van der Waals surface area contributed by atoms with Crippen molar-refractivity contribution in [1.29, 1.82) is 0 Å². The zero-order valence-corrected chi connectivity index (χ0v) is 108. The van der Waals surface area contributed by atoms with Crippen LogP contribution in [0.3, 0.4) is 0 Å². The molecule has 0 amide bonds. The molecule has 0 rings (SSSR count). The van der Waals surface area contributed by atoms with Gasteiger partial charge in [-0.15, -0.1) is 0 Å². The molecule has 0 aromatic rings. The Labute approximate surface area is 837 Å². The van der Waals surface area contributed by atoms with Gasteiger partial charge in [0, 0.05) is 698 Å². The van der Waals surface area contributed by atoms with Crippen molar-refractivity contribution in [3.63, 3.8) is 0 Å². The van der Waals surface area contributed by atoms with Gasteiger partial charge < -0.3 is 0 Å². The van der Waals surface area contributed by atoms with E-state index in [2.05, 4.69) is 27.5 Å². The second-order valence-electron chi connectivity index (χ2n) is 7.02. The van der Waals surface area contributed by atoms with Gasteiger partial charge >= 0.3 is 0 Å². The van der Waals surface area contributed by atoms with Crippen molar-refractivity contribution in [3.05, 3.63) is 0 Å². The Morgan fingerprint density at radius 2 is 0.315 bits per heavy atom.